The van der Waals surface area contributed by atoms with Crippen molar-refractivity contribution in [2.24, 2.45) is 7.05 Å². The smallest absolute Gasteiger partial charge is 0.306 e. The fourth-order valence-electron chi connectivity index (χ4n) is 1.55. The Labute approximate surface area is 106 Å². The van der Waals surface area contributed by atoms with Crippen LogP contribution in [0.25, 0.3) is 0 Å². The zero-order valence-electron chi connectivity index (χ0n) is 11.2. The minimum absolute atomic E-state index is 0.257. The molecule has 1 aromatic rings. The average molecular weight is 253 g/mol. The molecule has 1 rings (SSSR count). The van der Waals surface area contributed by atoms with Crippen LogP contribution >= 0.6 is 0 Å². The fraction of sp³-hybridized carbons (Fsp3) is 0.583. The Balaban J connectivity index is 2.52. The number of hydrogen-bond donors (Lipinski definition) is 1. The van der Waals surface area contributed by atoms with E-state index < -0.39 is 0 Å². The van der Waals surface area contributed by atoms with Gasteiger partial charge in [0.15, 0.2) is 6.61 Å². The number of esters is 1. The Morgan fingerprint density at radius 1 is 1.39 bits per heavy atom. The lowest BCUT2D eigenvalue weighted by atomic mass is 10.3. The predicted octanol–water partition coefficient (Wildman–Crippen LogP) is 1.32. The number of ether oxygens (including phenoxy) is 1. The molecule has 0 aliphatic carbocycles. The first kappa shape index (κ1) is 14.2. The number of aryl methyl sites for hydroxylation is 2. The standard InChI is InChI=1S/C12H19N3O3/c1-5-6-11(17)18-7-10(16)13-12-8(2)14-15(4)9(12)3/h5-7H2,1-4H3,(H,13,16). The van der Waals surface area contributed by atoms with Gasteiger partial charge in [0, 0.05) is 13.5 Å². The monoisotopic (exact) mass is 253 g/mol. The van der Waals surface area contributed by atoms with E-state index in [0.717, 1.165) is 11.4 Å². The molecule has 0 fully saturated rings. The maximum Gasteiger partial charge on any atom is 0.306 e. The van der Waals surface area contributed by atoms with Gasteiger partial charge >= 0.3 is 5.97 Å². The van der Waals surface area contributed by atoms with Gasteiger partial charge in [0.05, 0.1) is 17.1 Å². The van der Waals surface area contributed by atoms with E-state index >= 15 is 0 Å². The van der Waals surface area contributed by atoms with Crippen molar-refractivity contribution in [3.05, 3.63) is 11.4 Å². The molecule has 0 radical (unpaired) electrons. The van der Waals surface area contributed by atoms with Crippen LogP contribution in [0.3, 0.4) is 0 Å². The summed E-state index contributed by atoms with van der Waals surface area (Å²) in [5.74, 6) is -0.703. The molecule has 0 saturated carbocycles. The summed E-state index contributed by atoms with van der Waals surface area (Å²) >= 11 is 0. The fourth-order valence-corrected chi connectivity index (χ4v) is 1.55. The summed E-state index contributed by atoms with van der Waals surface area (Å²) < 4.78 is 6.51. The number of aromatic nitrogens is 2. The molecule has 1 amide bonds. The molecule has 0 bridgehead atoms. The highest BCUT2D eigenvalue weighted by Gasteiger charge is 2.13. The van der Waals surface area contributed by atoms with Crippen molar-refractivity contribution in [3.63, 3.8) is 0 Å². The summed E-state index contributed by atoms with van der Waals surface area (Å²) in [4.78, 5) is 22.7. The number of carbonyl (C=O) groups is 2. The van der Waals surface area contributed by atoms with Gasteiger partial charge < -0.3 is 10.1 Å². The first-order valence-corrected chi connectivity index (χ1v) is 5.91. The molecule has 1 N–H and O–H groups in total. The Kier molecular flexibility index (Phi) is 4.88. The zero-order chi connectivity index (χ0) is 13.7. The second-order valence-electron chi connectivity index (χ2n) is 4.13. The van der Waals surface area contributed by atoms with Gasteiger partial charge in [-0.05, 0) is 20.3 Å². The molecule has 1 aromatic heterocycles. The highest BCUT2D eigenvalue weighted by molar-refractivity contribution is 5.93. The summed E-state index contributed by atoms with van der Waals surface area (Å²) in [7, 11) is 1.80. The molecule has 0 aliphatic rings. The van der Waals surface area contributed by atoms with Crippen molar-refractivity contribution in [3.8, 4) is 0 Å². The molecule has 0 unspecified atom stereocenters. The third kappa shape index (κ3) is 3.58. The van der Waals surface area contributed by atoms with Crippen LogP contribution < -0.4 is 5.32 Å². The highest BCUT2D eigenvalue weighted by Crippen LogP contribution is 2.17. The molecular weight excluding hydrogens is 234 g/mol. The SMILES string of the molecule is CCCC(=O)OCC(=O)Nc1c(C)nn(C)c1C. The van der Waals surface area contributed by atoms with Gasteiger partial charge in [-0.25, -0.2) is 0 Å². The van der Waals surface area contributed by atoms with Crippen LogP contribution in [0.2, 0.25) is 0 Å². The van der Waals surface area contributed by atoms with Crippen molar-refractivity contribution in [1.29, 1.82) is 0 Å². The lowest BCUT2D eigenvalue weighted by molar-refractivity contribution is -0.147. The average Bonchev–Trinajstić information content (AvgIpc) is 2.54. The minimum atomic E-state index is -0.354. The molecule has 18 heavy (non-hydrogen) atoms. The van der Waals surface area contributed by atoms with E-state index in [1.807, 2.05) is 20.8 Å². The Morgan fingerprint density at radius 2 is 2.06 bits per heavy atom. The van der Waals surface area contributed by atoms with Crippen molar-refractivity contribution in [2.45, 2.75) is 33.6 Å². The molecule has 6 heteroatoms. The molecule has 6 nitrogen and oxygen atoms in total. The van der Waals surface area contributed by atoms with E-state index in [-0.39, 0.29) is 18.5 Å². The minimum Gasteiger partial charge on any atom is -0.456 e. The normalized spacial score (nSPS) is 10.2. The second kappa shape index (κ2) is 6.18. The number of nitrogens with zero attached hydrogens (tertiary/aromatic N) is 2. The van der Waals surface area contributed by atoms with Crippen LogP contribution in [0.5, 0.6) is 0 Å². The Hall–Kier alpha value is -1.85. The first-order chi connectivity index (χ1) is 8.45. The maximum atomic E-state index is 11.6. The summed E-state index contributed by atoms with van der Waals surface area (Å²) in [5, 5.41) is 6.88. The van der Waals surface area contributed by atoms with E-state index in [9.17, 15) is 9.59 Å². The zero-order valence-corrected chi connectivity index (χ0v) is 11.2. The molecule has 0 atom stereocenters. The predicted molar refractivity (Wildman–Crippen MR) is 67.2 cm³/mol. The number of rotatable bonds is 5. The third-order valence-electron chi connectivity index (χ3n) is 2.59. The van der Waals surface area contributed by atoms with Crippen molar-refractivity contribution >= 4 is 17.6 Å². The molecule has 1 heterocycles. The van der Waals surface area contributed by atoms with Gasteiger partial charge in [-0.1, -0.05) is 6.92 Å². The third-order valence-corrected chi connectivity index (χ3v) is 2.59. The molecular formula is C12H19N3O3. The quantitative estimate of drug-likeness (QED) is 0.803. The highest BCUT2D eigenvalue weighted by atomic mass is 16.5. The molecule has 0 saturated heterocycles. The van der Waals surface area contributed by atoms with Crippen LogP contribution in [-0.2, 0) is 21.4 Å². The van der Waals surface area contributed by atoms with Crippen molar-refractivity contribution in [2.75, 3.05) is 11.9 Å². The largest absolute Gasteiger partial charge is 0.456 e. The summed E-state index contributed by atoms with van der Waals surface area (Å²) in [6.07, 6.45) is 1.04. The van der Waals surface area contributed by atoms with Gasteiger partial charge in [0.25, 0.3) is 5.91 Å². The Bertz CT molecular complexity index is 452. The van der Waals surface area contributed by atoms with E-state index in [0.29, 0.717) is 18.5 Å². The lowest BCUT2D eigenvalue weighted by Gasteiger charge is -2.06. The second-order valence-corrected chi connectivity index (χ2v) is 4.13. The van der Waals surface area contributed by atoms with E-state index in [1.165, 1.54) is 0 Å². The van der Waals surface area contributed by atoms with Gasteiger partial charge in [-0.15, -0.1) is 0 Å². The number of hydrogen-bond acceptors (Lipinski definition) is 4. The van der Waals surface area contributed by atoms with E-state index in [2.05, 4.69) is 10.4 Å². The van der Waals surface area contributed by atoms with Crippen molar-refractivity contribution < 1.29 is 14.3 Å². The van der Waals surface area contributed by atoms with Crippen LogP contribution in [0.15, 0.2) is 0 Å². The Morgan fingerprint density at radius 3 is 2.56 bits per heavy atom. The van der Waals surface area contributed by atoms with E-state index in [4.69, 9.17) is 4.74 Å². The number of nitrogens with one attached hydrogen (secondary N) is 1. The number of carbonyl (C=O) groups excluding carboxylic acids is 2. The van der Waals surface area contributed by atoms with Gasteiger partial charge in [-0.2, -0.15) is 5.10 Å². The first-order valence-electron chi connectivity index (χ1n) is 5.91. The van der Waals surface area contributed by atoms with Gasteiger partial charge in [0.2, 0.25) is 0 Å². The number of amides is 1. The summed E-state index contributed by atoms with van der Waals surface area (Å²) in [6.45, 7) is 5.29. The maximum absolute atomic E-state index is 11.6. The van der Waals surface area contributed by atoms with Crippen LogP contribution in [0.4, 0.5) is 5.69 Å². The van der Waals surface area contributed by atoms with Crippen LogP contribution in [0, 0.1) is 13.8 Å². The molecule has 0 aromatic carbocycles. The summed E-state index contributed by atoms with van der Waals surface area (Å²) in [6, 6.07) is 0. The summed E-state index contributed by atoms with van der Waals surface area (Å²) in [5.41, 5.74) is 2.28. The van der Waals surface area contributed by atoms with Crippen LogP contribution in [0.1, 0.15) is 31.2 Å². The van der Waals surface area contributed by atoms with Crippen LogP contribution in [-0.4, -0.2) is 28.3 Å². The number of anilines is 1. The lowest BCUT2D eigenvalue weighted by Crippen LogP contribution is -2.21. The molecule has 0 aliphatic heterocycles. The van der Waals surface area contributed by atoms with Gasteiger partial charge in [-0.3, -0.25) is 14.3 Å². The van der Waals surface area contributed by atoms with Gasteiger partial charge in [0.1, 0.15) is 0 Å². The molecule has 0 spiro atoms. The molecule has 100 valence electrons. The topological polar surface area (TPSA) is 73.2 Å². The van der Waals surface area contributed by atoms with Crippen molar-refractivity contribution in [1.82, 2.24) is 9.78 Å². The van der Waals surface area contributed by atoms with E-state index in [1.54, 1.807) is 11.7 Å².